The molecule has 0 aromatic carbocycles. The predicted molar refractivity (Wildman–Crippen MR) is 130 cm³/mol. The van der Waals surface area contributed by atoms with Crippen molar-refractivity contribution in [3.63, 3.8) is 0 Å². The number of ether oxygens (including phenoxy) is 2. The minimum absolute atomic E-state index is 0.0139. The Morgan fingerprint density at radius 1 is 0.833 bits per heavy atom. The maximum Gasteiger partial charge on any atom is 0.185 e. The van der Waals surface area contributed by atoms with Crippen molar-refractivity contribution in [1.82, 2.24) is 0 Å². The Kier molecular flexibility index (Phi) is 9.50. The smallest absolute Gasteiger partial charge is 0.185 e. The Bertz CT molecular complexity index is 531. The van der Waals surface area contributed by atoms with Crippen molar-refractivity contribution < 1.29 is 9.47 Å². The van der Waals surface area contributed by atoms with Gasteiger partial charge in [-0.15, -0.1) is 0 Å². The van der Waals surface area contributed by atoms with Gasteiger partial charge in [-0.3, -0.25) is 0 Å². The molecule has 2 rings (SSSR count). The van der Waals surface area contributed by atoms with Gasteiger partial charge >= 0.3 is 0 Å². The summed E-state index contributed by atoms with van der Waals surface area (Å²) in [6, 6.07) is 0. The topological polar surface area (TPSA) is 21.8 Å². The van der Waals surface area contributed by atoms with E-state index in [0.29, 0.717) is 11.3 Å². The molecule has 2 saturated heterocycles. The standard InChI is InChI=1S/C28H52O2/c1-9-22(2)23-17-15-13-11-10-12-14-16-20-26(3,4)21-27(5,6)28(7,8)30-25-24(29-25)19-18-23/h23-25H,2,9-21H2,1,3-8H3. The van der Waals surface area contributed by atoms with E-state index >= 15 is 0 Å². The number of hydrogen-bond donors (Lipinski definition) is 0. The van der Waals surface area contributed by atoms with Gasteiger partial charge in [-0.2, -0.15) is 0 Å². The number of rotatable bonds is 2. The van der Waals surface area contributed by atoms with Crippen LogP contribution in [0, 0.1) is 16.7 Å². The van der Waals surface area contributed by atoms with E-state index in [1.807, 2.05) is 0 Å². The third-order valence-electron chi connectivity index (χ3n) is 8.23. The lowest BCUT2D eigenvalue weighted by Crippen LogP contribution is -2.45. The first-order valence-corrected chi connectivity index (χ1v) is 13.0. The zero-order valence-electron chi connectivity index (χ0n) is 21.4. The third kappa shape index (κ3) is 7.97. The second kappa shape index (κ2) is 11.0. The molecule has 30 heavy (non-hydrogen) atoms. The first-order chi connectivity index (χ1) is 14.0. The molecule has 3 atom stereocenters. The van der Waals surface area contributed by atoms with Gasteiger partial charge in [0.2, 0.25) is 0 Å². The van der Waals surface area contributed by atoms with Gasteiger partial charge in [-0.05, 0) is 69.1 Å². The van der Waals surface area contributed by atoms with Gasteiger partial charge in [0.1, 0.15) is 6.10 Å². The van der Waals surface area contributed by atoms with Crippen molar-refractivity contribution in [3.05, 3.63) is 12.2 Å². The molecule has 0 spiro atoms. The largest absolute Gasteiger partial charge is 0.343 e. The average molecular weight is 421 g/mol. The summed E-state index contributed by atoms with van der Waals surface area (Å²) in [5.74, 6) is 0.659. The third-order valence-corrected chi connectivity index (χ3v) is 8.23. The second-order valence-corrected chi connectivity index (χ2v) is 12.2. The van der Waals surface area contributed by atoms with Crippen LogP contribution in [0.4, 0.5) is 0 Å². The lowest BCUT2D eigenvalue weighted by molar-refractivity contribution is -0.144. The normalized spacial score (nSPS) is 33.4. The van der Waals surface area contributed by atoms with Gasteiger partial charge < -0.3 is 9.47 Å². The van der Waals surface area contributed by atoms with Crippen LogP contribution in [0.1, 0.15) is 132 Å². The molecule has 0 bridgehead atoms. The molecule has 176 valence electrons. The molecule has 0 saturated carbocycles. The molecule has 0 radical (unpaired) electrons. The molecule has 0 aromatic rings. The van der Waals surface area contributed by atoms with Gasteiger partial charge in [0.15, 0.2) is 6.29 Å². The van der Waals surface area contributed by atoms with Crippen LogP contribution < -0.4 is 0 Å². The maximum atomic E-state index is 6.56. The molecule has 0 aromatic heterocycles. The Morgan fingerprint density at radius 2 is 1.43 bits per heavy atom. The van der Waals surface area contributed by atoms with E-state index in [9.17, 15) is 0 Å². The van der Waals surface area contributed by atoms with E-state index in [1.165, 1.54) is 76.2 Å². The molecule has 0 N–H and O–H groups in total. The fraction of sp³-hybridized carbons (Fsp3) is 0.929. The summed E-state index contributed by atoms with van der Waals surface area (Å²) in [6.45, 7) is 20.8. The first kappa shape index (κ1) is 25.9. The van der Waals surface area contributed by atoms with E-state index in [2.05, 4.69) is 55.0 Å². The molecule has 2 aliphatic heterocycles. The van der Waals surface area contributed by atoms with Crippen LogP contribution in [0.15, 0.2) is 12.2 Å². The Balaban J connectivity index is 2.02. The summed E-state index contributed by atoms with van der Waals surface area (Å²) in [5, 5.41) is 0. The highest BCUT2D eigenvalue weighted by Gasteiger charge is 2.49. The summed E-state index contributed by atoms with van der Waals surface area (Å²) in [5.41, 5.74) is 1.70. The molecular weight excluding hydrogens is 368 g/mol. The minimum atomic E-state index is -0.195. The van der Waals surface area contributed by atoms with Gasteiger partial charge in [-0.1, -0.05) is 91.7 Å². The Labute approximate surface area is 188 Å². The van der Waals surface area contributed by atoms with E-state index in [-0.39, 0.29) is 23.4 Å². The van der Waals surface area contributed by atoms with Gasteiger partial charge in [0.05, 0.1) is 5.60 Å². The lowest BCUT2D eigenvalue weighted by Gasteiger charge is -2.45. The van der Waals surface area contributed by atoms with Crippen molar-refractivity contribution >= 4 is 0 Å². The van der Waals surface area contributed by atoms with Crippen LogP contribution in [-0.2, 0) is 9.47 Å². The van der Waals surface area contributed by atoms with Crippen LogP contribution >= 0.6 is 0 Å². The highest BCUT2D eigenvalue weighted by molar-refractivity contribution is 5.00. The van der Waals surface area contributed by atoms with E-state index in [0.717, 1.165) is 12.8 Å². The summed E-state index contributed by atoms with van der Waals surface area (Å²) >= 11 is 0. The monoisotopic (exact) mass is 420 g/mol. The zero-order valence-corrected chi connectivity index (χ0v) is 21.4. The van der Waals surface area contributed by atoms with E-state index in [4.69, 9.17) is 9.47 Å². The number of allylic oxidation sites excluding steroid dienone is 1. The summed E-state index contributed by atoms with van der Waals surface area (Å²) in [6.07, 6.45) is 17.2. The van der Waals surface area contributed by atoms with E-state index in [1.54, 1.807) is 0 Å². The average Bonchev–Trinajstić information content (AvgIpc) is 3.37. The van der Waals surface area contributed by atoms with E-state index < -0.39 is 0 Å². The maximum absolute atomic E-state index is 6.56. The van der Waals surface area contributed by atoms with Crippen LogP contribution in [-0.4, -0.2) is 18.0 Å². The van der Waals surface area contributed by atoms with Crippen LogP contribution in [0.25, 0.3) is 0 Å². The quantitative estimate of drug-likeness (QED) is 0.329. The van der Waals surface area contributed by atoms with Crippen LogP contribution in [0.3, 0.4) is 0 Å². The van der Waals surface area contributed by atoms with Gasteiger partial charge in [0.25, 0.3) is 0 Å². The number of hydrogen-bond acceptors (Lipinski definition) is 2. The number of fused-ring (bicyclic) bond motifs is 1. The number of epoxide rings is 1. The van der Waals surface area contributed by atoms with Crippen LogP contribution in [0.2, 0.25) is 0 Å². The molecule has 2 nitrogen and oxygen atoms in total. The molecule has 2 heterocycles. The van der Waals surface area contributed by atoms with Crippen molar-refractivity contribution in [3.8, 4) is 0 Å². The molecule has 0 amide bonds. The molecule has 2 fully saturated rings. The summed E-state index contributed by atoms with van der Waals surface area (Å²) in [7, 11) is 0. The molecular formula is C28H52O2. The molecule has 0 aliphatic carbocycles. The predicted octanol–water partition coefficient (Wildman–Crippen LogP) is 8.84. The molecule has 2 aliphatic rings. The highest BCUT2D eigenvalue weighted by atomic mass is 16.8. The Hall–Kier alpha value is -0.340. The fourth-order valence-corrected chi connectivity index (χ4v) is 5.47. The SMILES string of the molecule is C=C(CC)C1CCCCCCCCCC(C)(C)CC(C)(C)C(C)(C)OC2OC2CC1. The Morgan fingerprint density at radius 3 is 2.07 bits per heavy atom. The van der Waals surface area contributed by atoms with Crippen molar-refractivity contribution in [1.29, 1.82) is 0 Å². The first-order valence-electron chi connectivity index (χ1n) is 13.0. The summed E-state index contributed by atoms with van der Waals surface area (Å²) in [4.78, 5) is 0. The molecule has 2 heteroatoms. The highest BCUT2D eigenvalue weighted by Crippen LogP contribution is 2.47. The van der Waals surface area contributed by atoms with Crippen molar-refractivity contribution in [2.75, 3.05) is 0 Å². The fourth-order valence-electron chi connectivity index (χ4n) is 5.47. The molecule has 3 unspecified atom stereocenters. The van der Waals surface area contributed by atoms with Crippen molar-refractivity contribution in [2.24, 2.45) is 16.7 Å². The summed E-state index contributed by atoms with van der Waals surface area (Å²) < 4.78 is 12.6. The van der Waals surface area contributed by atoms with Gasteiger partial charge in [0, 0.05) is 0 Å². The zero-order chi connectivity index (χ0) is 22.4. The van der Waals surface area contributed by atoms with Crippen LogP contribution in [0.5, 0.6) is 0 Å². The second-order valence-electron chi connectivity index (χ2n) is 12.2. The minimum Gasteiger partial charge on any atom is -0.343 e. The lowest BCUT2D eigenvalue weighted by atomic mass is 9.65. The van der Waals surface area contributed by atoms with Gasteiger partial charge in [-0.25, -0.2) is 0 Å². The van der Waals surface area contributed by atoms with Crippen molar-refractivity contribution in [2.45, 2.75) is 150 Å².